The minimum absolute atomic E-state index is 0.134. The second-order valence-corrected chi connectivity index (χ2v) is 3.64. The number of halogens is 2. The lowest BCUT2D eigenvalue weighted by atomic mass is 10.0. The summed E-state index contributed by atoms with van der Waals surface area (Å²) in [6.45, 7) is 8.77. The zero-order valence-corrected chi connectivity index (χ0v) is 10.2. The van der Waals surface area contributed by atoms with E-state index in [1.165, 1.54) is 0 Å². The van der Waals surface area contributed by atoms with Gasteiger partial charge in [-0.1, -0.05) is 13.8 Å². The second kappa shape index (κ2) is 7.12. The van der Waals surface area contributed by atoms with Crippen LogP contribution in [-0.4, -0.2) is 43.2 Å². The predicted octanol–water partition coefficient (Wildman–Crippen LogP) is 2.78. The quantitative estimate of drug-likeness (QED) is 0.710. The van der Waals surface area contributed by atoms with Gasteiger partial charge in [0.25, 0.3) is 5.92 Å². The molecule has 1 aliphatic heterocycles. The number of likely N-dealkylation sites (tertiary alicyclic amines) is 1. The van der Waals surface area contributed by atoms with E-state index in [-0.39, 0.29) is 12.6 Å². The number of alkyl halides is 2. The summed E-state index contributed by atoms with van der Waals surface area (Å²) in [4.78, 5) is 1.79. The molecule has 0 aromatic rings. The van der Waals surface area contributed by atoms with Gasteiger partial charge in [0.2, 0.25) is 0 Å². The van der Waals surface area contributed by atoms with Crippen molar-refractivity contribution in [3.8, 4) is 0 Å². The summed E-state index contributed by atoms with van der Waals surface area (Å²) in [7, 11) is 0. The average molecular weight is 223 g/mol. The molecule has 0 saturated carbocycles. The van der Waals surface area contributed by atoms with Gasteiger partial charge in [0, 0.05) is 26.1 Å². The molecular formula is C11H23F2NO. The van der Waals surface area contributed by atoms with Crippen LogP contribution in [-0.2, 0) is 4.74 Å². The normalized spacial score (nSPS) is 21.6. The number of hydrogen-bond acceptors (Lipinski definition) is 2. The molecular weight excluding hydrogens is 200 g/mol. The molecule has 0 N–H and O–H groups in total. The molecule has 1 aliphatic rings. The fourth-order valence-corrected chi connectivity index (χ4v) is 1.50. The summed E-state index contributed by atoms with van der Waals surface area (Å²) in [6.07, 6.45) is 0.982. The van der Waals surface area contributed by atoms with E-state index in [1.807, 2.05) is 20.8 Å². The topological polar surface area (TPSA) is 12.5 Å². The fraction of sp³-hybridized carbons (Fsp3) is 1.00. The Morgan fingerprint density at radius 2 is 2.00 bits per heavy atom. The Morgan fingerprint density at radius 3 is 2.33 bits per heavy atom. The molecule has 4 heteroatoms. The highest BCUT2D eigenvalue weighted by Gasteiger charge is 2.34. The van der Waals surface area contributed by atoms with E-state index in [4.69, 9.17) is 4.74 Å². The summed E-state index contributed by atoms with van der Waals surface area (Å²) in [6, 6.07) is 0.214. The maximum Gasteiger partial charge on any atom is 0.257 e. The number of rotatable bonds is 5. The van der Waals surface area contributed by atoms with Gasteiger partial charge in [0.1, 0.15) is 0 Å². The second-order valence-electron chi connectivity index (χ2n) is 3.64. The van der Waals surface area contributed by atoms with E-state index >= 15 is 0 Å². The van der Waals surface area contributed by atoms with E-state index < -0.39 is 5.92 Å². The third kappa shape index (κ3) is 6.05. The summed E-state index contributed by atoms with van der Waals surface area (Å²) in [5.41, 5.74) is 0. The molecule has 1 atom stereocenters. The van der Waals surface area contributed by atoms with Crippen LogP contribution in [0.2, 0.25) is 0 Å². The minimum Gasteiger partial charge on any atom is -0.380 e. The van der Waals surface area contributed by atoms with E-state index in [1.54, 1.807) is 4.90 Å². The van der Waals surface area contributed by atoms with Crippen molar-refractivity contribution < 1.29 is 13.5 Å². The van der Waals surface area contributed by atoms with Crippen LogP contribution in [0.25, 0.3) is 0 Å². The predicted molar refractivity (Wildman–Crippen MR) is 58.4 cm³/mol. The van der Waals surface area contributed by atoms with E-state index in [9.17, 15) is 8.78 Å². The SMILES string of the molecule is CC.CCOCC1CCN1CC(C)(F)F. The summed E-state index contributed by atoms with van der Waals surface area (Å²) in [5, 5.41) is 0. The standard InChI is InChI=1S/C9H17F2NO.C2H6/c1-3-13-6-8-4-5-12(8)7-9(2,10)11;1-2/h8H,3-7H2,1-2H3;1-2H3. The van der Waals surface area contributed by atoms with Crippen LogP contribution in [0.15, 0.2) is 0 Å². The van der Waals surface area contributed by atoms with Crippen molar-refractivity contribution in [3.63, 3.8) is 0 Å². The van der Waals surface area contributed by atoms with Gasteiger partial charge in [0.15, 0.2) is 0 Å². The molecule has 15 heavy (non-hydrogen) atoms. The van der Waals surface area contributed by atoms with E-state index in [0.717, 1.165) is 19.9 Å². The minimum atomic E-state index is -2.58. The Bertz CT molecular complexity index is 159. The summed E-state index contributed by atoms with van der Waals surface area (Å²) >= 11 is 0. The Hall–Kier alpha value is -0.220. The molecule has 2 nitrogen and oxygen atoms in total. The lowest BCUT2D eigenvalue weighted by molar-refractivity contribution is -0.0698. The Labute approximate surface area is 91.6 Å². The monoisotopic (exact) mass is 223 g/mol. The summed E-state index contributed by atoms with van der Waals surface area (Å²) < 4.78 is 30.4. The molecule has 92 valence electrons. The molecule has 0 radical (unpaired) electrons. The highest BCUT2D eigenvalue weighted by Crippen LogP contribution is 2.23. The van der Waals surface area contributed by atoms with Gasteiger partial charge >= 0.3 is 0 Å². The smallest absolute Gasteiger partial charge is 0.257 e. The van der Waals surface area contributed by atoms with Crippen LogP contribution in [0.4, 0.5) is 8.78 Å². The Balaban J connectivity index is 0.000000921. The molecule has 0 spiro atoms. The van der Waals surface area contributed by atoms with Crippen molar-refractivity contribution in [3.05, 3.63) is 0 Å². The molecule has 0 bridgehead atoms. The van der Waals surface area contributed by atoms with Crippen LogP contribution in [0.1, 0.15) is 34.1 Å². The van der Waals surface area contributed by atoms with Gasteiger partial charge in [-0.2, -0.15) is 0 Å². The van der Waals surface area contributed by atoms with Crippen LogP contribution in [0, 0.1) is 0 Å². The highest BCUT2D eigenvalue weighted by atomic mass is 19.3. The third-order valence-corrected chi connectivity index (χ3v) is 2.26. The molecule has 1 saturated heterocycles. The Kier molecular flexibility index (Phi) is 7.02. The van der Waals surface area contributed by atoms with Crippen LogP contribution in [0.3, 0.4) is 0 Å². The molecule has 0 aromatic carbocycles. The first-order chi connectivity index (χ1) is 7.03. The van der Waals surface area contributed by atoms with Gasteiger partial charge in [0.05, 0.1) is 13.2 Å². The maximum absolute atomic E-state index is 12.6. The first-order valence-corrected chi connectivity index (χ1v) is 5.72. The molecule has 1 rings (SSSR count). The summed E-state index contributed by atoms with van der Waals surface area (Å²) in [5.74, 6) is -2.58. The van der Waals surface area contributed by atoms with Gasteiger partial charge in [-0.3, -0.25) is 4.90 Å². The molecule has 0 aromatic heterocycles. The zero-order valence-electron chi connectivity index (χ0n) is 10.2. The van der Waals surface area contributed by atoms with Gasteiger partial charge in [-0.05, 0) is 13.3 Å². The van der Waals surface area contributed by atoms with Gasteiger partial charge < -0.3 is 4.74 Å². The largest absolute Gasteiger partial charge is 0.380 e. The van der Waals surface area contributed by atoms with Crippen molar-refractivity contribution >= 4 is 0 Å². The molecule has 1 heterocycles. The molecule has 0 aliphatic carbocycles. The highest BCUT2D eigenvalue weighted by molar-refractivity contribution is 4.85. The lowest BCUT2D eigenvalue weighted by Gasteiger charge is -2.41. The van der Waals surface area contributed by atoms with Crippen molar-refractivity contribution in [2.24, 2.45) is 0 Å². The lowest BCUT2D eigenvalue weighted by Crippen LogP contribution is -2.53. The van der Waals surface area contributed by atoms with Crippen molar-refractivity contribution in [2.75, 3.05) is 26.3 Å². The molecule has 0 amide bonds. The van der Waals surface area contributed by atoms with Crippen molar-refractivity contribution in [1.82, 2.24) is 4.90 Å². The van der Waals surface area contributed by atoms with Gasteiger partial charge in [-0.15, -0.1) is 0 Å². The van der Waals surface area contributed by atoms with Crippen LogP contribution in [0.5, 0.6) is 0 Å². The number of ether oxygens (including phenoxy) is 1. The van der Waals surface area contributed by atoms with E-state index in [0.29, 0.717) is 13.2 Å². The fourth-order valence-electron chi connectivity index (χ4n) is 1.50. The first-order valence-electron chi connectivity index (χ1n) is 5.72. The van der Waals surface area contributed by atoms with Crippen molar-refractivity contribution in [1.29, 1.82) is 0 Å². The number of nitrogens with zero attached hydrogens (tertiary/aromatic N) is 1. The zero-order chi connectivity index (χ0) is 11.9. The first kappa shape index (κ1) is 14.8. The van der Waals surface area contributed by atoms with Gasteiger partial charge in [-0.25, -0.2) is 8.78 Å². The van der Waals surface area contributed by atoms with Crippen LogP contribution < -0.4 is 0 Å². The molecule has 1 unspecified atom stereocenters. The number of hydrogen-bond donors (Lipinski definition) is 0. The Morgan fingerprint density at radius 1 is 1.40 bits per heavy atom. The van der Waals surface area contributed by atoms with E-state index in [2.05, 4.69) is 0 Å². The molecule has 1 fully saturated rings. The average Bonchev–Trinajstić information content (AvgIpc) is 2.15. The maximum atomic E-state index is 12.6. The third-order valence-electron chi connectivity index (χ3n) is 2.26. The van der Waals surface area contributed by atoms with Crippen LogP contribution >= 0.6 is 0 Å². The van der Waals surface area contributed by atoms with Crippen molar-refractivity contribution in [2.45, 2.75) is 46.1 Å².